The zero-order chi connectivity index (χ0) is 19.5. The second-order valence-corrected chi connectivity index (χ2v) is 7.39. The highest BCUT2D eigenvalue weighted by molar-refractivity contribution is 6.01. The summed E-state index contributed by atoms with van der Waals surface area (Å²) in [6.07, 6.45) is 5.34. The van der Waals surface area contributed by atoms with Crippen LogP contribution in [0.3, 0.4) is 0 Å². The Kier molecular flexibility index (Phi) is 5.30. The van der Waals surface area contributed by atoms with Gasteiger partial charge in [0.25, 0.3) is 0 Å². The lowest BCUT2D eigenvalue weighted by atomic mass is 9.89. The monoisotopic (exact) mass is 379 g/mol. The maximum Gasteiger partial charge on any atom is 0.325 e. The number of nitrogens with zero attached hydrogens (tertiary/aromatic N) is 2. The molecular weight excluding hydrogens is 354 g/mol. The maximum atomic E-state index is 13.1. The summed E-state index contributed by atoms with van der Waals surface area (Å²) >= 11 is 0. The number of nitrogens with one attached hydrogen (secondary N) is 1. The number of hydrogen-bond donors (Lipinski definition) is 1. The first-order chi connectivity index (χ1) is 13.6. The van der Waals surface area contributed by atoms with Gasteiger partial charge in [0.2, 0.25) is 0 Å². The molecule has 0 amide bonds. The molecule has 28 heavy (non-hydrogen) atoms. The first-order valence-electron chi connectivity index (χ1n) is 9.72. The van der Waals surface area contributed by atoms with Crippen LogP contribution in [0.15, 0.2) is 53.6 Å². The zero-order valence-electron chi connectivity index (χ0n) is 16.1. The zero-order valence-corrected chi connectivity index (χ0v) is 16.1. The number of carbonyl (C=O) groups excluding carboxylic acids is 1. The molecule has 4 rings (SSSR count). The van der Waals surface area contributed by atoms with Crippen LogP contribution in [0.4, 0.5) is 0 Å². The lowest BCUT2D eigenvalue weighted by Gasteiger charge is -2.32. The van der Waals surface area contributed by atoms with E-state index in [0.717, 1.165) is 54.6 Å². The van der Waals surface area contributed by atoms with E-state index in [-0.39, 0.29) is 17.4 Å². The average molecular weight is 379 g/mol. The van der Waals surface area contributed by atoms with Gasteiger partial charge in [0.15, 0.2) is 5.78 Å². The van der Waals surface area contributed by atoms with Crippen molar-refractivity contribution in [2.45, 2.75) is 19.4 Å². The number of rotatable bonds is 6. The van der Waals surface area contributed by atoms with Crippen LogP contribution in [0.5, 0.6) is 5.75 Å². The Morgan fingerprint density at radius 3 is 2.79 bits per heavy atom. The number of likely N-dealkylation sites (tertiary alicyclic amines) is 1. The summed E-state index contributed by atoms with van der Waals surface area (Å²) in [7, 11) is 1.65. The number of carbonyl (C=O) groups is 1. The van der Waals surface area contributed by atoms with Crippen LogP contribution in [0.1, 0.15) is 23.2 Å². The number of Topliss-reactive ketones (excluding diaryl/α,β-unsaturated/α-hetero) is 1. The van der Waals surface area contributed by atoms with Crippen LogP contribution in [-0.2, 0) is 6.54 Å². The summed E-state index contributed by atoms with van der Waals surface area (Å²) in [4.78, 5) is 29.7. The number of H-pyrrole nitrogens is 1. The van der Waals surface area contributed by atoms with Crippen molar-refractivity contribution in [3.05, 3.63) is 64.8 Å². The molecule has 2 aromatic carbocycles. The fourth-order valence-electron chi connectivity index (χ4n) is 3.99. The predicted molar refractivity (Wildman–Crippen MR) is 109 cm³/mol. The highest BCUT2D eigenvalue weighted by Gasteiger charge is 2.26. The minimum absolute atomic E-state index is 0.00685. The van der Waals surface area contributed by atoms with Crippen molar-refractivity contribution in [1.82, 2.24) is 14.5 Å². The van der Waals surface area contributed by atoms with Crippen molar-refractivity contribution in [2.75, 3.05) is 26.7 Å². The van der Waals surface area contributed by atoms with E-state index in [9.17, 15) is 9.59 Å². The highest BCUT2D eigenvalue weighted by Crippen LogP contribution is 2.25. The minimum atomic E-state index is -0.0857. The molecule has 146 valence electrons. The quantitative estimate of drug-likeness (QED) is 0.669. The Labute approximate surface area is 163 Å². The standard InChI is InChI=1S/C22H25N3O3/c1-28-20-7-6-16-13-18(5-4-17(16)14-20)21(26)19-3-2-9-24(15-19)11-12-25-10-8-23-22(25)27/h4-8,10,13-14,19H,2-3,9,11-12,15H2,1H3,(H,23,27). The molecule has 1 fully saturated rings. The molecule has 1 aliphatic rings. The van der Waals surface area contributed by atoms with Gasteiger partial charge in [-0.2, -0.15) is 0 Å². The van der Waals surface area contributed by atoms with Crippen molar-refractivity contribution in [2.24, 2.45) is 5.92 Å². The third-order valence-corrected chi connectivity index (χ3v) is 5.59. The SMILES string of the molecule is COc1ccc2cc(C(=O)C3CCCN(CCn4cc[nH]c4=O)C3)ccc2c1. The number of piperidine rings is 1. The van der Waals surface area contributed by atoms with E-state index < -0.39 is 0 Å². The van der Waals surface area contributed by atoms with Crippen LogP contribution in [0.25, 0.3) is 10.8 Å². The molecule has 1 unspecified atom stereocenters. The lowest BCUT2D eigenvalue weighted by molar-refractivity contribution is 0.0816. The van der Waals surface area contributed by atoms with Crippen molar-refractivity contribution in [3.8, 4) is 5.75 Å². The van der Waals surface area contributed by atoms with Crippen molar-refractivity contribution >= 4 is 16.6 Å². The van der Waals surface area contributed by atoms with Gasteiger partial charge in [0, 0.05) is 43.5 Å². The number of ketones is 1. The van der Waals surface area contributed by atoms with Gasteiger partial charge in [-0.05, 0) is 48.4 Å². The second kappa shape index (κ2) is 8.02. The van der Waals surface area contributed by atoms with E-state index in [0.29, 0.717) is 6.54 Å². The fourth-order valence-corrected chi connectivity index (χ4v) is 3.99. The molecule has 0 aliphatic carbocycles. The third kappa shape index (κ3) is 3.87. The maximum absolute atomic E-state index is 13.1. The predicted octanol–water partition coefficient (Wildman–Crippen LogP) is 2.93. The summed E-state index contributed by atoms with van der Waals surface area (Å²) in [6.45, 7) is 3.14. The van der Waals surface area contributed by atoms with Crippen LogP contribution in [0.2, 0.25) is 0 Å². The Balaban J connectivity index is 1.44. The van der Waals surface area contributed by atoms with E-state index in [1.165, 1.54) is 0 Å². The van der Waals surface area contributed by atoms with Gasteiger partial charge in [-0.25, -0.2) is 4.79 Å². The molecule has 0 spiro atoms. The number of hydrogen-bond acceptors (Lipinski definition) is 4. The van der Waals surface area contributed by atoms with Gasteiger partial charge in [0.05, 0.1) is 7.11 Å². The van der Waals surface area contributed by atoms with E-state index in [1.807, 2.05) is 36.4 Å². The van der Waals surface area contributed by atoms with Crippen LogP contribution in [-0.4, -0.2) is 47.0 Å². The topological polar surface area (TPSA) is 67.3 Å². The fraction of sp³-hybridized carbons (Fsp3) is 0.364. The van der Waals surface area contributed by atoms with Crippen molar-refractivity contribution in [3.63, 3.8) is 0 Å². The molecular formula is C22H25N3O3. The molecule has 0 radical (unpaired) electrons. The number of aromatic nitrogens is 2. The number of benzene rings is 2. The molecule has 0 bridgehead atoms. The molecule has 1 aromatic heterocycles. The second-order valence-electron chi connectivity index (χ2n) is 7.39. The minimum Gasteiger partial charge on any atom is -0.497 e. The number of aromatic amines is 1. The average Bonchev–Trinajstić information content (AvgIpc) is 3.15. The third-order valence-electron chi connectivity index (χ3n) is 5.59. The normalized spacial score (nSPS) is 17.7. The van der Waals surface area contributed by atoms with E-state index in [2.05, 4.69) is 9.88 Å². The van der Waals surface area contributed by atoms with Crippen molar-refractivity contribution in [1.29, 1.82) is 0 Å². The van der Waals surface area contributed by atoms with Crippen LogP contribution < -0.4 is 10.4 Å². The van der Waals surface area contributed by atoms with Gasteiger partial charge >= 0.3 is 5.69 Å². The molecule has 1 N–H and O–H groups in total. The molecule has 1 atom stereocenters. The molecule has 1 saturated heterocycles. The number of fused-ring (bicyclic) bond motifs is 1. The Bertz CT molecular complexity index is 1040. The lowest BCUT2D eigenvalue weighted by Crippen LogP contribution is -2.40. The summed E-state index contributed by atoms with van der Waals surface area (Å²) in [5.41, 5.74) is 0.684. The Morgan fingerprint density at radius 2 is 2.00 bits per heavy atom. The Hall–Kier alpha value is -2.86. The number of ether oxygens (including phenoxy) is 1. The summed E-state index contributed by atoms with van der Waals surface area (Å²) in [6, 6.07) is 11.8. The number of imidazole rings is 1. The first kappa shape index (κ1) is 18.5. The van der Waals surface area contributed by atoms with E-state index in [1.54, 1.807) is 24.1 Å². The molecule has 1 aliphatic heterocycles. The molecule has 6 heteroatoms. The largest absolute Gasteiger partial charge is 0.497 e. The van der Waals surface area contributed by atoms with Crippen molar-refractivity contribution < 1.29 is 9.53 Å². The van der Waals surface area contributed by atoms with Crippen LogP contribution >= 0.6 is 0 Å². The van der Waals surface area contributed by atoms with Gasteiger partial charge in [-0.1, -0.05) is 18.2 Å². The van der Waals surface area contributed by atoms with Gasteiger partial charge in [-0.3, -0.25) is 9.36 Å². The van der Waals surface area contributed by atoms with Gasteiger partial charge in [0.1, 0.15) is 5.75 Å². The molecule has 0 saturated carbocycles. The van der Waals surface area contributed by atoms with Gasteiger partial charge < -0.3 is 14.6 Å². The number of methoxy groups -OCH3 is 1. The van der Waals surface area contributed by atoms with Crippen LogP contribution in [0, 0.1) is 5.92 Å². The van der Waals surface area contributed by atoms with E-state index >= 15 is 0 Å². The first-order valence-corrected chi connectivity index (χ1v) is 9.72. The summed E-state index contributed by atoms with van der Waals surface area (Å²) < 4.78 is 6.94. The summed E-state index contributed by atoms with van der Waals surface area (Å²) in [5.74, 6) is 1.03. The Morgan fingerprint density at radius 1 is 1.18 bits per heavy atom. The molecule has 2 heterocycles. The highest BCUT2D eigenvalue weighted by atomic mass is 16.5. The summed E-state index contributed by atoms with van der Waals surface area (Å²) in [5, 5.41) is 2.12. The van der Waals surface area contributed by atoms with E-state index in [4.69, 9.17) is 4.74 Å². The molecule has 3 aromatic rings. The molecule has 6 nitrogen and oxygen atoms in total. The van der Waals surface area contributed by atoms with Gasteiger partial charge in [-0.15, -0.1) is 0 Å². The smallest absolute Gasteiger partial charge is 0.325 e.